The third-order valence-electron chi connectivity index (χ3n) is 3.61. The second-order valence-corrected chi connectivity index (χ2v) is 6.28. The van der Waals surface area contributed by atoms with Crippen LogP contribution in [0.4, 0.5) is 0 Å². The SMILES string of the molecule is CC(C)=CCCC(C)=CCCC(C)=CCCN(C)CCO. The maximum atomic E-state index is 8.84. The highest BCUT2D eigenvalue weighted by Crippen LogP contribution is 2.11. The van der Waals surface area contributed by atoms with E-state index in [4.69, 9.17) is 5.11 Å². The van der Waals surface area contributed by atoms with E-state index < -0.39 is 0 Å². The maximum absolute atomic E-state index is 8.84. The highest BCUT2D eigenvalue weighted by Gasteiger charge is 1.96. The Kier molecular flexibility index (Phi) is 12.3. The van der Waals surface area contributed by atoms with Crippen molar-refractivity contribution in [3.05, 3.63) is 34.9 Å². The van der Waals surface area contributed by atoms with Crippen molar-refractivity contribution in [3.8, 4) is 0 Å². The summed E-state index contributed by atoms with van der Waals surface area (Å²) in [5, 5.41) is 8.84. The molecule has 0 bridgehead atoms. The zero-order chi connectivity index (χ0) is 16.1. The Morgan fingerprint density at radius 3 is 1.86 bits per heavy atom. The van der Waals surface area contributed by atoms with E-state index in [-0.39, 0.29) is 6.61 Å². The molecule has 0 spiro atoms. The number of aliphatic hydroxyl groups is 1. The monoisotopic (exact) mass is 293 g/mol. The first-order valence-electron chi connectivity index (χ1n) is 8.19. The van der Waals surface area contributed by atoms with E-state index in [9.17, 15) is 0 Å². The molecule has 2 heteroatoms. The van der Waals surface area contributed by atoms with Crippen molar-refractivity contribution in [2.24, 2.45) is 0 Å². The Labute approximate surface area is 132 Å². The van der Waals surface area contributed by atoms with Gasteiger partial charge in [-0.25, -0.2) is 0 Å². The quantitative estimate of drug-likeness (QED) is 0.557. The summed E-state index contributed by atoms with van der Waals surface area (Å²) in [6, 6.07) is 0. The van der Waals surface area contributed by atoms with Crippen LogP contribution < -0.4 is 0 Å². The fraction of sp³-hybridized carbons (Fsp3) is 0.684. The van der Waals surface area contributed by atoms with Crippen LogP contribution in [0.1, 0.15) is 59.8 Å². The van der Waals surface area contributed by atoms with Gasteiger partial charge in [-0.05, 0) is 66.8 Å². The molecule has 0 aliphatic rings. The van der Waals surface area contributed by atoms with Gasteiger partial charge in [-0.1, -0.05) is 34.9 Å². The predicted molar refractivity (Wildman–Crippen MR) is 94.6 cm³/mol. The van der Waals surface area contributed by atoms with Crippen LogP contribution in [0.2, 0.25) is 0 Å². The molecule has 0 atom stereocenters. The molecule has 0 aliphatic carbocycles. The number of aliphatic hydroxyl groups excluding tert-OH is 1. The molecule has 0 radical (unpaired) electrons. The smallest absolute Gasteiger partial charge is 0.0558 e. The molecular weight excluding hydrogens is 258 g/mol. The fourth-order valence-corrected chi connectivity index (χ4v) is 2.15. The van der Waals surface area contributed by atoms with E-state index in [2.05, 4.69) is 57.9 Å². The van der Waals surface area contributed by atoms with E-state index in [1.807, 2.05) is 0 Å². The molecule has 0 unspecified atom stereocenters. The topological polar surface area (TPSA) is 23.5 Å². The number of hydrogen-bond acceptors (Lipinski definition) is 2. The lowest BCUT2D eigenvalue weighted by Crippen LogP contribution is -2.22. The van der Waals surface area contributed by atoms with E-state index in [0.717, 1.165) is 38.8 Å². The van der Waals surface area contributed by atoms with Crippen LogP contribution in [0.5, 0.6) is 0 Å². The summed E-state index contributed by atoms with van der Waals surface area (Å²) >= 11 is 0. The molecule has 0 fully saturated rings. The van der Waals surface area contributed by atoms with Gasteiger partial charge in [0.05, 0.1) is 6.61 Å². The molecule has 0 rings (SSSR count). The maximum Gasteiger partial charge on any atom is 0.0558 e. The second kappa shape index (κ2) is 12.8. The summed E-state index contributed by atoms with van der Waals surface area (Å²) in [5.41, 5.74) is 4.39. The Balaban J connectivity index is 3.85. The van der Waals surface area contributed by atoms with Crippen molar-refractivity contribution < 1.29 is 5.11 Å². The van der Waals surface area contributed by atoms with Crippen LogP contribution in [0.3, 0.4) is 0 Å². The molecule has 2 nitrogen and oxygen atoms in total. The Hall–Kier alpha value is -0.860. The van der Waals surface area contributed by atoms with Crippen molar-refractivity contribution in [1.29, 1.82) is 0 Å². The Morgan fingerprint density at radius 2 is 1.33 bits per heavy atom. The highest BCUT2D eigenvalue weighted by atomic mass is 16.3. The average Bonchev–Trinajstić information content (AvgIpc) is 2.38. The molecule has 0 heterocycles. The predicted octanol–water partition coefficient (Wildman–Crippen LogP) is 4.72. The van der Waals surface area contributed by atoms with Gasteiger partial charge >= 0.3 is 0 Å². The molecule has 0 aromatic heterocycles. The molecule has 0 saturated carbocycles. The minimum atomic E-state index is 0.246. The number of nitrogens with zero attached hydrogens (tertiary/aromatic N) is 1. The first-order valence-corrected chi connectivity index (χ1v) is 8.19. The summed E-state index contributed by atoms with van der Waals surface area (Å²) < 4.78 is 0. The lowest BCUT2D eigenvalue weighted by molar-refractivity contribution is 0.223. The number of hydrogen-bond donors (Lipinski definition) is 1. The van der Waals surface area contributed by atoms with Crippen LogP contribution in [0, 0.1) is 0 Å². The lowest BCUT2D eigenvalue weighted by atomic mass is 10.1. The molecule has 0 aromatic carbocycles. The summed E-state index contributed by atoms with van der Waals surface area (Å²) in [4.78, 5) is 2.16. The van der Waals surface area contributed by atoms with Crippen LogP contribution >= 0.6 is 0 Å². The van der Waals surface area contributed by atoms with Gasteiger partial charge in [0.15, 0.2) is 0 Å². The zero-order valence-electron chi connectivity index (χ0n) is 14.8. The molecule has 0 amide bonds. The normalized spacial score (nSPS) is 12.9. The van der Waals surface area contributed by atoms with Gasteiger partial charge in [0.2, 0.25) is 0 Å². The second-order valence-electron chi connectivity index (χ2n) is 6.28. The first-order chi connectivity index (χ1) is 9.95. The third-order valence-corrected chi connectivity index (χ3v) is 3.61. The van der Waals surface area contributed by atoms with Gasteiger partial charge in [0, 0.05) is 13.1 Å². The van der Waals surface area contributed by atoms with Crippen molar-refractivity contribution in [3.63, 3.8) is 0 Å². The first kappa shape index (κ1) is 20.1. The van der Waals surface area contributed by atoms with E-state index in [0.29, 0.717) is 0 Å². The minimum absolute atomic E-state index is 0.246. The molecule has 0 aromatic rings. The van der Waals surface area contributed by atoms with Crippen molar-refractivity contribution in [2.45, 2.75) is 59.8 Å². The summed E-state index contributed by atoms with van der Waals surface area (Å²) in [5.74, 6) is 0. The molecule has 21 heavy (non-hydrogen) atoms. The average molecular weight is 293 g/mol. The van der Waals surface area contributed by atoms with Gasteiger partial charge in [-0.2, -0.15) is 0 Å². The van der Waals surface area contributed by atoms with Crippen molar-refractivity contribution >= 4 is 0 Å². The van der Waals surface area contributed by atoms with Crippen LogP contribution in [0.15, 0.2) is 34.9 Å². The number of rotatable bonds is 11. The van der Waals surface area contributed by atoms with Gasteiger partial charge in [0.1, 0.15) is 0 Å². The third kappa shape index (κ3) is 13.9. The van der Waals surface area contributed by atoms with Crippen LogP contribution in [-0.4, -0.2) is 36.8 Å². The van der Waals surface area contributed by atoms with Crippen molar-refractivity contribution in [1.82, 2.24) is 4.90 Å². The number of likely N-dealkylation sites (N-methyl/N-ethyl adjacent to an activating group) is 1. The Morgan fingerprint density at radius 1 is 0.810 bits per heavy atom. The highest BCUT2D eigenvalue weighted by molar-refractivity contribution is 5.05. The summed E-state index contributed by atoms with van der Waals surface area (Å²) in [6.07, 6.45) is 12.8. The molecule has 0 saturated heterocycles. The molecule has 0 aliphatic heterocycles. The van der Waals surface area contributed by atoms with Gasteiger partial charge in [-0.15, -0.1) is 0 Å². The van der Waals surface area contributed by atoms with Crippen LogP contribution in [0.25, 0.3) is 0 Å². The minimum Gasteiger partial charge on any atom is -0.395 e. The summed E-state index contributed by atoms with van der Waals surface area (Å²) in [7, 11) is 2.05. The zero-order valence-corrected chi connectivity index (χ0v) is 14.8. The standard InChI is InChI=1S/C19H35NO/c1-17(2)9-6-10-18(3)11-7-12-19(4)13-8-14-20(5)15-16-21/h9,11,13,21H,6-8,10,12,14-16H2,1-5H3. The Bertz CT molecular complexity index is 349. The van der Waals surface area contributed by atoms with E-state index in [1.165, 1.54) is 23.1 Å². The largest absolute Gasteiger partial charge is 0.395 e. The van der Waals surface area contributed by atoms with E-state index >= 15 is 0 Å². The molecule has 1 N–H and O–H groups in total. The van der Waals surface area contributed by atoms with E-state index in [1.54, 1.807) is 0 Å². The summed E-state index contributed by atoms with van der Waals surface area (Å²) in [6.45, 7) is 10.8. The van der Waals surface area contributed by atoms with Gasteiger partial charge in [-0.3, -0.25) is 0 Å². The molecular formula is C19H35NO. The molecule has 122 valence electrons. The van der Waals surface area contributed by atoms with Crippen molar-refractivity contribution in [2.75, 3.05) is 26.7 Å². The number of allylic oxidation sites excluding steroid dienone is 5. The van der Waals surface area contributed by atoms with Crippen LogP contribution in [-0.2, 0) is 0 Å². The fourth-order valence-electron chi connectivity index (χ4n) is 2.15. The van der Waals surface area contributed by atoms with Gasteiger partial charge in [0.25, 0.3) is 0 Å². The van der Waals surface area contributed by atoms with Gasteiger partial charge < -0.3 is 10.0 Å². The lowest BCUT2D eigenvalue weighted by Gasteiger charge is -2.13.